The predicted molar refractivity (Wildman–Crippen MR) is 124 cm³/mol. The highest BCUT2D eigenvalue weighted by Gasteiger charge is 2.29. The molecule has 1 N–H and O–H groups in total. The fraction of sp³-hybridized carbons (Fsp3) is 0.269. The first-order valence-electron chi connectivity index (χ1n) is 11.3. The molecule has 8 heteroatoms. The number of aromatic amines is 1. The lowest BCUT2D eigenvalue weighted by Crippen LogP contribution is -2.39. The molecule has 0 spiro atoms. The number of aromatic nitrogens is 3. The third-order valence-corrected chi connectivity index (χ3v) is 6.14. The molecule has 2 aromatic heterocycles. The summed E-state index contributed by atoms with van der Waals surface area (Å²) in [5.41, 5.74) is 2.13. The summed E-state index contributed by atoms with van der Waals surface area (Å²) in [4.78, 5) is 19.4. The van der Waals surface area contributed by atoms with Crippen LogP contribution in [-0.2, 0) is 6.42 Å². The predicted octanol–water partition coefficient (Wildman–Crippen LogP) is 4.82. The van der Waals surface area contributed by atoms with E-state index < -0.39 is 0 Å². The fourth-order valence-corrected chi connectivity index (χ4v) is 4.40. The zero-order valence-corrected chi connectivity index (χ0v) is 18.8. The van der Waals surface area contributed by atoms with Gasteiger partial charge in [0.1, 0.15) is 23.0 Å². The van der Waals surface area contributed by atoms with E-state index in [2.05, 4.69) is 15.2 Å². The van der Waals surface area contributed by atoms with Gasteiger partial charge in [0.15, 0.2) is 5.89 Å². The Labute approximate surface area is 196 Å². The number of nitrogens with zero attached hydrogens (tertiary/aromatic N) is 3. The van der Waals surface area contributed by atoms with Gasteiger partial charge in [-0.1, -0.05) is 30.3 Å². The molecule has 1 atom stereocenters. The number of piperidine rings is 1. The lowest BCUT2D eigenvalue weighted by atomic mass is 9.97. The summed E-state index contributed by atoms with van der Waals surface area (Å²) in [7, 11) is 1.65. The highest BCUT2D eigenvalue weighted by molar-refractivity contribution is 5.93. The Kier molecular flexibility index (Phi) is 6.12. The third kappa shape index (κ3) is 4.44. The summed E-state index contributed by atoms with van der Waals surface area (Å²) < 4.78 is 25.6. The smallest absolute Gasteiger partial charge is 0.271 e. The Balaban J connectivity index is 1.27. The monoisotopic (exact) mass is 460 g/mol. The second-order valence-corrected chi connectivity index (χ2v) is 8.39. The van der Waals surface area contributed by atoms with Crippen LogP contribution in [0.3, 0.4) is 0 Å². The molecule has 0 bridgehead atoms. The minimum absolute atomic E-state index is 0.0121. The fourth-order valence-electron chi connectivity index (χ4n) is 4.40. The van der Waals surface area contributed by atoms with Crippen molar-refractivity contribution >= 4 is 5.91 Å². The molecule has 3 heterocycles. The molecule has 1 saturated heterocycles. The summed E-state index contributed by atoms with van der Waals surface area (Å²) >= 11 is 0. The number of carbonyl (C=O) groups is 1. The minimum atomic E-state index is -0.376. The zero-order valence-electron chi connectivity index (χ0n) is 18.8. The van der Waals surface area contributed by atoms with Gasteiger partial charge in [-0.25, -0.2) is 9.37 Å². The van der Waals surface area contributed by atoms with Crippen LogP contribution in [0.15, 0.2) is 65.2 Å². The molecule has 1 aliphatic rings. The van der Waals surface area contributed by atoms with Crippen LogP contribution in [0.25, 0.3) is 11.3 Å². The number of hydrogen-bond donors (Lipinski definition) is 1. The maximum atomic E-state index is 14.1. The quantitative estimate of drug-likeness (QED) is 0.446. The number of methoxy groups -OCH3 is 1. The van der Waals surface area contributed by atoms with Crippen LogP contribution in [0, 0.1) is 5.82 Å². The topological polar surface area (TPSA) is 84.2 Å². The first-order chi connectivity index (χ1) is 16.6. The van der Waals surface area contributed by atoms with Crippen LogP contribution < -0.4 is 4.74 Å². The van der Waals surface area contributed by atoms with Crippen molar-refractivity contribution in [3.63, 3.8) is 0 Å². The third-order valence-electron chi connectivity index (χ3n) is 6.14. The molecule has 174 valence electrons. The Morgan fingerprint density at radius 2 is 2.06 bits per heavy atom. The molecule has 34 heavy (non-hydrogen) atoms. The maximum absolute atomic E-state index is 14.1. The van der Waals surface area contributed by atoms with Gasteiger partial charge in [0, 0.05) is 30.6 Å². The number of ether oxygens (including phenoxy) is 1. The van der Waals surface area contributed by atoms with Crippen molar-refractivity contribution in [2.24, 2.45) is 0 Å². The normalized spacial score (nSPS) is 15.9. The lowest BCUT2D eigenvalue weighted by molar-refractivity contribution is 0.0692. The van der Waals surface area contributed by atoms with Gasteiger partial charge in [-0.05, 0) is 37.1 Å². The summed E-state index contributed by atoms with van der Waals surface area (Å²) in [5, 5.41) is 6.91. The molecule has 0 radical (unpaired) electrons. The first kappa shape index (κ1) is 21.9. The van der Waals surface area contributed by atoms with Crippen LogP contribution in [-0.4, -0.2) is 46.2 Å². The molecule has 4 aromatic rings. The average Bonchev–Trinajstić information content (AvgIpc) is 3.55. The molecular weight excluding hydrogens is 435 g/mol. The van der Waals surface area contributed by atoms with E-state index in [1.54, 1.807) is 42.5 Å². The number of hydrogen-bond acceptors (Lipinski definition) is 5. The van der Waals surface area contributed by atoms with E-state index in [0.717, 1.165) is 29.9 Å². The second kappa shape index (κ2) is 9.51. The molecular formula is C26H25FN4O3. The lowest BCUT2D eigenvalue weighted by Gasteiger charge is -2.30. The van der Waals surface area contributed by atoms with Crippen LogP contribution in [0.5, 0.6) is 5.75 Å². The number of para-hydroxylation sites is 1. The largest absolute Gasteiger partial charge is 0.496 e. The van der Waals surface area contributed by atoms with E-state index in [0.29, 0.717) is 42.4 Å². The van der Waals surface area contributed by atoms with E-state index in [1.807, 2.05) is 24.3 Å². The molecule has 0 aliphatic carbocycles. The van der Waals surface area contributed by atoms with Gasteiger partial charge in [-0.2, -0.15) is 5.10 Å². The van der Waals surface area contributed by atoms with Crippen molar-refractivity contribution in [1.29, 1.82) is 0 Å². The van der Waals surface area contributed by atoms with E-state index in [1.165, 1.54) is 6.07 Å². The molecule has 0 saturated carbocycles. The van der Waals surface area contributed by atoms with E-state index in [4.69, 9.17) is 9.15 Å². The van der Waals surface area contributed by atoms with E-state index in [-0.39, 0.29) is 17.6 Å². The van der Waals surface area contributed by atoms with Crippen LogP contribution in [0.2, 0.25) is 0 Å². The second-order valence-electron chi connectivity index (χ2n) is 8.39. The van der Waals surface area contributed by atoms with Gasteiger partial charge in [0.25, 0.3) is 5.91 Å². The van der Waals surface area contributed by atoms with Gasteiger partial charge in [0.2, 0.25) is 0 Å². The van der Waals surface area contributed by atoms with Gasteiger partial charge in [-0.3, -0.25) is 9.89 Å². The van der Waals surface area contributed by atoms with Crippen molar-refractivity contribution in [3.05, 3.63) is 89.5 Å². The zero-order chi connectivity index (χ0) is 23.5. The van der Waals surface area contributed by atoms with Crippen LogP contribution in [0.4, 0.5) is 4.39 Å². The molecule has 5 rings (SSSR count). The molecule has 1 amide bonds. The standard InChI is InChI=1S/C26H25FN4O3/c1-33-24-11-5-2-7-17(24)13-19-15-28-25(34-19)18-8-6-12-31(16-18)26(32)23-14-22(29-30-23)20-9-3-4-10-21(20)27/h2-5,7,9-11,14-15,18H,6,8,12-13,16H2,1H3,(H,29,30)/t18-/m1/s1. The Bertz CT molecular complexity index is 1300. The minimum Gasteiger partial charge on any atom is -0.496 e. The number of oxazole rings is 1. The number of halogens is 1. The molecule has 2 aromatic carbocycles. The van der Waals surface area contributed by atoms with Crippen molar-refractivity contribution < 1.29 is 18.3 Å². The van der Waals surface area contributed by atoms with Crippen molar-refractivity contribution in [3.8, 4) is 17.0 Å². The molecule has 1 aliphatic heterocycles. The number of benzene rings is 2. The van der Waals surface area contributed by atoms with Crippen LogP contribution in [0.1, 0.15) is 46.5 Å². The van der Waals surface area contributed by atoms with Crippen molar-refractivity contribution in [2.45, 2.75) is 25.2 Å². The molecule has 0 unspecified atom stereocenters. The number of H-pyrrole nitrogens is 1. The summed E-state index contributed by atoms with van der Waals surface area (Å²) in [6, 6.07) is 15.8. The number of rotatable bonds is 6. The van der Waals surface area contributed by atoms with Gasteiger partial charge in [-0.15, -0.1) is 0 Å². The summed E-state index contributed by atoms with van der Waals surface area (Å²) in [5.74, 6) is 1.67. The highest BCUT2D eigenvalue weighted by atomic mass is 19.1. The number of likely N-dealkylation sites (tertiary alicyclic amines) is 1. The van der Waals surface area contributed by atoms with Gasteiger partial charge < -0.3 is 14.1 Å². The molecule has 1 fully saturated rings. The van der Waals surface area contributed by atoms with Crippen molar-refractivity contribution in [1.82, 2.24) is 20.1 Å². The average molecular weight is 461 g/mol. The SMILES string of the molecule is COc1ccccc1Cc1cnc([C@@H]2CCCN(C(=O)c3cc(-c4ccccc4F)n[nH]3)C2)o1. The van der Waals surface area contributed by atoms with E-state index in [9.17, 15) is 9.18 Å². The Morgan fingerprint density at radius 3 is 2.91 bits per heavy atom. The number of nitrogens with one attached hydrogen (secondary N) is 1. The van der Waals surface area contributed by atoms with Crippen LogP contribution >= 0.6 is 0 Å². The van der Waals surface area contributed by atoms with Crippen molar-refractivity contribution in [2.75, 3.05) is 20.2 Å². The Hall–Kier alpha value is -3.94. The first-order valence-corrected chi connectivity index (χ1v) is 11.3. The maximum Gasteiger partial charge on any atom is 0.271 e. The molecule has 7 nitrogen and oxygen atoms in total. The highest BCUT2D eigenvalue weighted by Crippen LogP contribution is 2.29. The number of carbonyl (C=O) groups excluding carboxylic acids is 1. The summed E-state index contributed by atoms with van der Waals surface area (Å²) in [6.45, 7) is 1.14. The van der Waals surface area contributed by atoms with E-state index >= 15 is 0 Å². The van der Waals surface area contributed by atoms with Gasteiger partial charge >= 0.3 is 0 Å². The summed E-state index contributed by atoms with van der Waals surface area (Å²) in [6.07, 6.45) is 4.06. The Morgan fingerprint density at radius 1 is 1.24 bits per heavy atom. The number of amides is 1. The van der Waals surface area contributed by atoms with Gasteiger partial charge in [0.05, 0.1) is 24.9 Å².